The molecule has 23 heavy (non-hydrogen) atoms. The third-order valence-corrected chi connectivity index (χ3v) is 5.42. The summed E-state index contributed by atoms with van der Waals surface area (Å²) in [5, 5.41) is 6.55. The van der Waals surface area contributed by atoms with Gasteiger partial charge >= 0.3 is 0 Å². The van der Waals surface area contributed by atoms with E-state index < -0.39 is 0 Å². The van der Waals surface area contributed by atoms with Crippen molar-refractivity contribution in [2.45, 2.75) is 32.2 Å². The van der Waals surface area contributed by atoms with Crippen molar-refractivity contribution in [2.75, 3.05) is 19.6 Å². The van der Waals surface area contributed by atoms with Gasteiger partial charge in [-0.3, -0.25) is 19.5 Å². The number of likely N-dealkylation sites (tertiary alicyclic amines) is 1. The summed E-state index contributed by atoms with van der Waals surface area (Å²) in [5.74, 6) is 1.20. The summed E-state index contributed by atoms with van der Waals surface area (Å²) in [4.78, 5) is 31.1. The van der Waals surface area contributed by atoms with Crippen LogP contribution in [0.5, 0.6) is 0 Å². The number of nitrogens with one attached hydrogen (secondary N) is 2. The lowest BCUT2D eigenvalue weighted by atomic mass is 9.85. The van der Waals surface area contributed by atoms with E-state index in [2.05, 4.69) is 27.8 Å². The predicted octanol–water partition coefficient (Wildman–Crippen LogP) is 0.511. The Balaban J connectivity index is 1.37. The highest BCUT2D eigenvalue weighted by Gasteiger charge is 2.58. The Morgan fingerprint density at radius 1 is 1.22 bits per heavy atom. The van der Waals surface area contributed by atoms with Gasteiger partial charge in [0, 0.05) is 19.1 Å². The van der Waals surface area contributed by atoms with Crippen LogP contribution in [-0.2, 0) is 9.59 Å². The van der Waals surface area contributed by atoms with Crippen molar-refractivity contribution >= 4 is 17.8 Å². The summed E-state index contributed by atoms with van der Waals surface area (Å²) in [6.07, 6.45) is 7.61. The van der Waals surface area contributed by atoms with Gasteiger partial charge in [0.25, 0.3) is 0 Å². The van der Waals surface area contributed by atoms with Crippen LogP contribution in [0.2, 0.25) is 0 Å². The first-order valence-electron chi connectivity index (χ1n) is 8.77. The molecule has 2 amide bonds. The van der Waals surface area contributed by atoms with E-state index >= 15 is 0 Å². The van der Waals surface area contributed by atoms with E-state index in [1.807, 2.05) is 6.92 Å². The van der Waals surface area contributed by atoms with Gasteiger partial charge in [0.05, 0.1) is 18.4 Å². The molecule has 2 bridgehead atoms. The maximum atomic E-state index is 12.6. The SMILES string of the molecule is CCNC(=NCCN1C(=O)C2C3C=CC(C3)C2C1=O)NC1CC1. The van der Waals surface area contributed by atoms with Crippen LogP contribution in [-0.4, -0.2) is 48.3 Å². The van der Waals surface area contributed by atoms with E-state index in [0.717, 1.165) is 18.9 Å². The lowest BCUT2D eigenvalue weighted by Gasteiger charge is -2.16. The Labute approximate surface area is 136 Å². The lowest BCUT2D eigenvalue weighted by molar-refractivity contribution is -0.140. The number of nitrogens with zero attached hydrogens (tertiary/aromatic N) is 2. The number of carbonyl (C=O) groups is 2. The Hall–Kier alpha value is -1.85. The number of carbonyl (C=O) groups excluding carboxylic acids is 2. The Morgan fingerprint density at radius 3 is 2.43 bits per heavy atom. The van der Waals surface area contributed by atoms with Crippen LogP contribution in [0.3, 0.4) is 0 Å². The van der Waals surface area contributed by atoms with Gasteiger partial charge in [-0.1, -0.05) is 12.2 Å². The third-order valence-electron chi connectivity index (χ3n) is 5.42. The van der Waals surface area contributed by atoms with E-state index in [1.54, 1.807) is 0 Å². The van der Waals surface area contributed by atoms with Crippen molar-refractivity contribution in [2.24, 2.45) is 28.7 Å². The number of hydrogen-bond donors (Lipinski definition) is 2. The quantitative estimate of drug-likeness (QED) is 0.335. The normalized spacial score (nSPS) is 35.2. The highest BCUT2D eigenvalue weighted by molar-refractivity contribution is 6.06. The molecule has 0 aromatic heterocycles. The van der Waals surface area contributed by atoms with Gasteiger partial charge < -0.3 is 10.6 Å². The largest absolute Gasteiger partial charge is 0.357 e. The molecule has 4 rings (SSSR count). The first-order chi connectivity index (χ1) is 11.2. The fourth-order valence-electron chi connectivity index (χ4n) is 4.19. The van der Waals surface area contributed by atoms with E-state index in [4.69, 9.17) is 0 Å². The first kappa shape index (κ1) is 14.7. The molecule has 2 N–H and O–H groups in total. The van der Waals surface area contributed by atoms with Crippen molar-refractivity contribution in [3.05, 3.63) is 12.2 Å². The van der Waals surface area contributed by atoms with Crippen molar-refractivity contribution in [3.63, 3.8) is 0 Å². The zero-order chi connectivity index (χ0) is 16.0. The summed E-state index contributed by atoms with van der Waals surface area (Å²) < 4.78 is 0. The Kier molecular flexibility index (Phi) is 3.62. The lowest BCUT2D eigenvalue weighted by Crippen LogP contribution is -2.40. The minimum atomic E-state index is -0.0979. The molecule has 0 aromatic carbocycles. The summed E-state index contributed by atoms with van der Waals surface area (Å²) in [5.41, 5.74) is 0. The van der Waals surface area contributed by atoms with Gasteiger partial charge in [-0.05, 0) is 38.0 Å². The monoisotopic (exact) mass is 316 g/mol. The molecule has 0 spiro atoms. The van der Waals surface area contributed by atoms with Crippen LogP contribution in [0.25, 0.3) is 0 Å². The number of allylic oxidation sites excluding steroid dienone is 2. The van der Waals surface area contributed by atoms with Crippen LogP contribution in [0.15, 0.2) is 17.1 Å². The minimum absolute atomic E-state index is 0.0206. The first-order valence-corrected chi connectivity index (χ1v) is 8.77. The molecular formula is C17H24N4O2. The van der Waals surface area contributed by atoms with Crippen molar-refractivity contribution in [1.29, 1.82) is 0 Å². The smallest absolute Gasteiger partial charge is 0.233 e. The van der Waals surface area contributed by atoms with E-state index in [0.29, 0.717) is 19.1 Å². The molecule has 1 heterocycles. The standard InChI is InChI=1S/C17H24N4O2/c1-2-18-17(20-12-5-6-12)19-7-8-21-15(22)13-10-3-4-11(9-10)14(13)16(21)23/h3-4,10-14H,2,5-9H2,1H3,(H2,18,19,20). The molecule has 3 fully saturated rings. The average Bonchev–Trinajstić information content (AvgIpc) is 3.02. The van der Waals surface area contributed by atoms with Gasteiger partial charge in [0.1, 0.15) is 0 Å². The topological polar surface area (TPSA) is 73.8 Å². The number of hydrogen-bond acceptors (Lipinski definition) is 3. The number of fused-ring (bicyclic) bond motifs is 5. The number of aliphatic imine (C=N–C) groups is 1. The molecular weight excluding hydrogens is 292 g/mol. The van der Waals surface area contributed by atoms with E-state index in [9.17, 15) is 9.59 Å². The van der Waals surface area contributed by atoms with E-state index in [-0.39, 0.29) is 35.5 Å². The number of amides is 2. The van der Waals surface area contributed by atoms with Crippen LogP contribution in [0, 0.1) is 23.7 Å². The highest BCUT2D eigenvalue weighted by Crippen LogP contribution is 2.52. The molecule has 4 atom stereocenters. The molecule has 2 saturated carbocycles. The molecule has 4 unspecified atom stereocenters. The van der Waals surface area contributed by atoms with Gasteiger partial charge in [-0.25, -0.2) is 0 Å². The summed E-state index contributed by atoms with van der Waals surface area (Å²) in [6.45, 7) is 3.69. The summed E-state index contributed by atoms with van der Waals surface area (Å²) >= 11 is 0. The van der Waals surface area contributed by atoms with Gasteiger partial charge in [0.2, 0.25) is 11.8 Å². The van der Waals surface area contributed by atoms with Crippen LogP contribution in [0.4, 0.5) is 0 Å². The van der Waals surface area contributed by atoms with Gasteiger partial charge in [-0.2, -0.15) is 0 Å². The number of guanidine groups is 1. The predicted molar refractivity (Wildman–Crippen MR) is 86.6 cm³/mol. The van der Waals surface area contributed by atoms with E-state index in [1.165, 1.54) is 17.7 Å². The Morgan fingerprint density at radius 2 is 1.87 bits per heavy atom. The highest BCUT2D eigenvalue weighted by atomic mass is 16.2. The third kappa shape index (κ3) is 2.54. The molecule has 3 aliphatic carbocycles. The second-order valence-electron chi connectivity index (χ2n) is 7.01. The Bertz CT molecular complexity index is 551. The molecule has 4 aliphatic rings. The molecule has 0 radical (unpaired) electrons. The summed E-state index contributed by atoms with van der Waals surface area (Å²) in [7, 11) is 0. The fourth-order valence-corrected chi connectivity index (χ4v) is 4.19. The van der Waals surface area contributed by atoms with Gasteiger partial charge in [0.15, 0.2) is 5.96 Å². The van der Waals surface area contributed by atoms with Crippen molar-refractivity contribution < 1.29 is 9.59 Å². The zero-order valence-corrected chi connectivity index (χ0v) is 13.5. The molecule has 6 heteroatoms. The second kappa shape index (κ2) is 5.65. The maximum Gasteiger partial charge on any atom is 0.233 e. The average molecular weight is 316 g/mol. The van der Waals surface area contributed by atoms with Gasteiger partial charge in [-0.15, -0.1) is 0 Å². The van der Waals surface area contributed by atoms with Crippen LogP contribution >= 0.6 is 0 Å². The number of rotatable bonds is 5. The van der Waals surface area contributed by atoms with Crippen molar-refractivity contribution in [1.82, 2.24) is 15.5 Å². The summed E-state index contributed by atoms with van der Waals surface area (Å²) in [6, 6.07) is 0.531. The van der Waals surface area contributed by atoms with Crippen LogP contribution in [0.1, 0.15) is 26.2 Å². The fraction of sp³-hybridized carbons (Fsp3) is 0.706. The number of imide groups is 1. The molecule has 124 valence electrons. The van der Waals surface area contributed by atoms with Crippen LogP contribution < -0.4 is 10.6 Å². The molecule has 1 aliphatic heterocycles. The maximum absolute atomic E-state index is 12.6. The molecule has 6 nitrogen and oxygen atoms in total. The minimum Gasteiger partial charge on any atom is -0.357 e. The molecule has 1 saturated heterocycles. The zero-order valence-electron chi connectivity index (χ0n) is 13.5. The van der Waals surface area contributed by atoms with Crippen molar-refractivity contribution in [3.8, 4) is 0 Å². The second-order valence-corrected chi connectivity index (χ2v) is 7.01. The molecule has 0 aromatic rings.